The summed E-state index contributed by atoms with van der Waals surface area (Å²) in [6.45, 7) is 4.62. The van der Waals surface area contributed by atoms with Gasteiger partial charge in [-0.3, -0.25) is 0 Å². The molecule has 0 fully saturated rings. The van der Waals surface area contributed by atoms with Crippen LogP contribution in [0.5, 0.6) is 0 Å². The second-order valence-electron chi connectivity index (χ2n) is 11.0. The van der Waals surface area contributed by atoms with Crippen molar-refractivity contribution in [2.75, 3.05) is 0 Å². The van der Waals surface area contributed by atoms with Crippen LogP contribution in [0.25, 0.3) is 65.2 Å². The highest BCUT2D eigenvalue weighted by atomic mass is 32.1. The minimum atomic E-state index is -0.212. The van der Waals surface area contributed by atoms with Crippen molar-refractivity contribution in [3.8, 4) is 45.0 Å². The predicted octanol–water partition coefficient (Wildman–Crippen LogP) is 10.2. The largest absolute Gasteiger partial charge is 0.228 e. The maximum atomic E-state index is 5.38. The van der Waals surface area contributed by atoms with E-state index in [2.05, 4.69) is 129 Å². The monoisotopic (exact) mass is 530 g/mol. The number of rotatable bonds is 3. The molecule has 1 aliphatic rings. The Morgan fingerprint density at radius 2 is 1.12 bits per heavy atom. The van der Waals surface area contributed by atoms with Crippen LogP contribution < -0.4 is 0 Å². The van der Waals surface area contributed by atoms with Crippen molar-refractivity contribution in [1.82, 2.24) is 9.97 Å². The Balaban J connectivity index is 1.40. The van der Waals surface area contributed by atoms with E-state index in [-0.39, 0.29) is 5.41 Å². The lowest BCUT2D eigenvalue weighted by molar-refractivity contribution is 0.658. The summed E-state index contributed by atoms with van der Waals surface area (Å²) in [7, 11) is 0. The van der Waals surface area contributed by atoms with Crippen LogP contribution in [0.2, 0.25) is 0 Å². The van der Waals surface area contributed by atoms with Crippen LogP contribution in [0.1, 0.15) is 25.0 Å². The first-order valence-electron chi connectivity index (χ1n) is 13.7. The smallest absolute Gasteiger partial charge is 0.160 e. The molecular formula is C37H26N2S. The molecule has 2 aromatic heterocycles. The molecule has 3 heteroatoms. The molecule has 0 N–H and O–H groups in total. The van der Waals surface area contributed by atoms with Gasteiger partial charge in [-0.15, -0.1) is 11.3 Å². The Bertz CT molecular complexity index is 2070. The van der Waals surface area contributed by atoms with Crippen molar-refractivity contribution in [1.29, 1.82) is 0 Å². The van der Waals surface area contributed by atoms with Gasteiger partial charge in [-0.25, -0.2) is 9.97 Å². The molecule has 0 radical (unpaired) electrons. The van der Waals surface area contributed by atoms with Gasteiger partial charge in [0.25, 0.3) is 0 Å². The fourth-order valence-corrected chi connectivity index (χ4v) is 7.53. The molecule has 2 nitrogen and oxygen atoms in total. The van der Waals surface area contributed by atoms with Crippen LogP contribution in [0, 0.1) is 0 Å². The van der Waals surface area contributed by atoms with Gasteiger partial charge >= 0.3 is 0 Å². The van der Waals surface area contributed by atoms with Gasteiger partial charge in [0.2, 0.25) is 0 Å². The lowest BCUT2D eigenvalue weighted by atomic mass is 9.80. The fourth-order valence-electron chi connectivity index (χ4n) is 6.32. The SMILES string of the molecule is CC1(C)c2ccccc2-c2nc(-c3ccc(-c4ccccc4)cc3)nc(-c3cccc4c3sc3ccccc34)c21. The molecule has 0 atom stereocenters. The number of nitrogens with zero attached hydrogens (tertiary/aromatic N) is 2. The Labute approximate surface area is 237 Å². The van der Waals surface area contributed by atoms with Gasteiger partial charge in [0.1, 0.15) is 0 Å². The first-order valence-corrected chi connectivity index (χ1v) is 14.5. The molecular weight excluding hydrogens is 504 g/mol. The third kappa shape index (κ3) is 3.41. The van der Waals surface area contributed by atoms with Crippen LogP contribution in [0.15, 0.2) is 121 Å². The number of hydrogen-bond acceptors (Lipinski definition) is 3. The summed E-state index contributed by atoms with van der Waals surface area (Å²) in [6.07, 6.45) is 0. The molecule has 190 valence electrons. The molecule has 0 saturated carbocycles. The average molecular weight is 531 g/mol. The van der Waals surface area contributed by atoms with Gasteiger partial charge in [-0.1, -0.05) is 129 Å². The predicted molar refractivity (Wildman–Crippen MR) is 169 cm³/mol. The highest BCUT2D eigenvalue weighted by molar-refractivity contribution is 7.26. The van der Waals surface area contributed by atoms with E-state index < -0.39 is 0 Å². The van der Waals surface area contributed by atoms with E-state index in [0.29, 0.717) is 0 Å². The van der Waals surface area contributed by atoms with Crippen LogP contribution in [0.4, 0.5) is 0 Å². The number of aromatic nitrogens is 2. The second kappa shape index (κ2) is 8.70. The Kier molecular flexibility index (Phi) is 5.07. The van der Waals surface area contributed by atoms with Crippen molar-refractivity contribution in [3.05, 3.63) is 132 Å². The fraction of sp³-hybridized carbons (Fsp3) is 0.0811. The number of hydrogen-bond donors (Lipinski definition) is 0. The standard InChI is InChI=1S/C37H26N2S/c1-37(2)30-17-8-6-14-28(30)33-32(37)34(29-16-10-15-27-26-13-7-9-18-31(26)40-35(27)29)39-36(38-33)25-21-19-24(20-22-25)23-11-4-3-5-12-23/h3-22H,1-2H3. The quantitative estimate of drug-likeness (QED) is 0.227. The van der Waals surface area contributed by atoms with Crippen LogP contribution >= 0.6 is 11.3 Å². The van der Waals surface area contributed by atoms with Crippen molar-refractivity contribution in [2.45, 2.75) is 19.3 Å². The molecule has 0 aliphatic heterocycles. The molecule has 0 saturated heterocycles. The summed E-state index contributed by atoms with van der Waals surface area (Å²) in [5.74, 6) is 0.763. The lowest BCUT2D eigenvalue weighted by Gasteiger charge is -2.24. The van der Waals surface area contributed by atoms with Crippen LogP contribution in [-0.2, 0) is 5.41 Å². The van der Waals surface area contributed by atoms with Crippen molar-refractivity contribution < 1.29 is 0 Å². The summed E-state index contributed by atoms with van der Waals surface area (Å²) in [6, 6.07) is 43.2. The van der Waals surface area contributed by atoms with Crippen molar-refractivity contribution >= 4 is 31.5 Å². The maximum Gasteiger partial charge on any atom is 0.160 e. The maximum absolute atomic E-state index is 5.38. The van der Waals surface area contributed by atoms with Gasteiger partial charge in [0, 0.05) is 47.8 Å². The van der Waals surface area contributed by atoms with E-state index in [1.54, 1.807) is 0 Å². The van der Waals surface area contributed by atoms with Gasteiger partial charge in [0.05, 0.1) is 11.4 Å². The molecule has 2 heterocycles. The zero-order valence-electron chi connectivity index (χ0n) is 22.3. The summed E-state index contributed by atoms with van der Waals surface area (Å²) in [5.41, 5.74) is 10.2. The van der Waals surface area contributed by atoms with Crippen molar-refractivity contribution in [2.24, 2.45) is 0 Å². The number of benzene rings is 5. The minimum absolute atomic E-state index is 0.212. The molecule has 7 aromatic rings. The molecule has 0 unspecified atom stereocenters. The highest BCUT2D eigenvalue weighted by Crippen LogP contribution is 2.52. The summed E-state index contributed by atoms with van der Waals surface area (Å²) < 4.78 is 2.58. The number of fused-ring (bicyclic) bond motifs is 6. The molecule has 40 heavy (non-hydrogen) atoms. The van der Waals surface area contributed by atoms with Gasteiger partial charge in [-0.05, 0) is 22.8 Å². The first kappa shape index (κ1) is 23.3. The third-order valence-electron chi connectivity index (χ3n) is 8.30. The van der Waals surface area contributed by atoms with Crippen LogP contribution in [-0.4, -0.2) is 9.97 Å². The summed E-state index contributed by atoms with van der Waals surface area (Å²) in [4.78, 5) is 10.6. The van der Waals surface area contributed by atoms with E-state index in [1.807, 2.05) is 17.4 Å². The van der Waals surface area contributed by atoms with E-state index in [4.69, 9.17) is 9.97 Å². The lowest BCUT2D eigenvalue weighted by Crippen LogP contribution is -2.17. The number of thiophene rings is 1. The second-order valence-corrected chi connectivity index (χ2v) is 12.1. The van der Waals surface area contributed by atoms with Gasteiger partial charge < -0.3 is 0 Å². The molecule has 5 aromatic carbocycles. The van der Waals surface area contributed by atoms with Gasteiger partial charge in [-0.2, -0.15) is 0 Å². The topological polar surface area (TPSA) is 25.8 Å². The Morgan fingerprint density at radius 3 is 1.95 bits per heavy atom. The summed E-state index contributed by atoms with van der Waals surface area (Å²) in [5, 5.41) is 2.59. The van der Waals surface area contributed by atoms with E-state index in [1.165, 1.54) is 53.6 Å². The Morgan fingerprint density at radius 1 is 0.525 bits per heavy atom. The zero-order chi connectivity index (χ0) is 26.8. The van der Waals surface area contributed by atoms with E-state index in [0.717, 1.165) is 22.8 Å². The first-order chi connectivity index (χ1) is 19.6. The van der Waals surface area contributed by atoms with Crippen molar-refractivity contribution in [3.63, 3.8) is 0 Å². The molecule has 0 amide bonds. The Hall–Kier alpha value is -4.60. The minimum Gasteiger partial charge on any atom is -0.228 e. The summed E-state index contributed by atoms with van der Waals surface area (Å²) >= 11 is 1.85. The molecule has 8 rings (SSSR count). The third-order valence-corrected chi connectivity index (χ3v) is 9.52. The van der Waals surface area contributed by atoms with E-state index >= 15 is 0 Å². The van der Waals surface area contributed by atoms with E-state index in [9.17, 15) is 0 Å². The highest BCUT2D eigenvalue weighted by Gasteiger charge is 2.40. The molecule has 1 aliphatic carbocycles. The normalized spacial score (nSPS) is 13.4. The van der Waals surface area contributed by atoms with Crippen LogP contribution in [0.3, 0.4) is 0 Å². The molecule has 0 spiro atoms. The average Bonchev–Trinajstić information content (AvgIpc) is 3.50. The van der Waals surface area contributed by atoms with Gasteiger partial charge in [0.15, 0.2) is 5.82 Å². The zero-order valence-corrected chi connectivity index (χ0v) is 23.2. The molecule has 0 bridgehead atoms.